The summed E-state index contributed by atoms with van der Waals surface area (Å²) >= 11 is 1.64. The fraction of sp³-hybridized carbons (Fsp3) is 0.600. The second kappa shape index (κ2) is 4.17. The number of aromatic nitrogens is 1. The zero-order valence-corrected chi connectivity index (χ0v) is 8.97. The largest absolute Gasteiger partial charge is 0.449 e. The Kier molecular flexibility index (Phi) is 2.91. The molecule has 1 saturated carbocycles. The van der Waals surface area contributed by atoms with Crippen molar-refractivity contribution in [1.29, 1.82) is 0 Å². The van der Waals surface area contributed by atoms with Crippen molar-refractivity contribution in [2.75, 3.05) is 0 Å². The van der Waals surface area contributed by atoms with Gasteiger partial charge in [0.25, 0.3) is 5.56 Å². The van der Waals surface area contributed by atoms with E-state index in [-0.39, 0.29) is 5.56 Å². The zero-order chi connectivity index (χ0) is 9.97. The van der Waals surface area contributed by atoms with Gasteiger partial charge < -0.3 is 4.42 Å². The van der Waals surface area contributed by atoms with Gasteiger partial charge in [-0.05, 0) is 19.8 Å². The van der Waals surface area contributed by atoms with Gasteiger partial charge in [0.05, 0.1) is 0 Å². The third-order valence-corrected chi connectivity index (χ3v) is 4.00. The van der Waals surface area contributed by atoms with E-state index in [0.717, 1.165) is 0 Å². The van der Waals surface area contributed by atoms with Crippen LogP contribution in [0.3, 0.4) is 0 Å². The lowest BCUT2D eigenvalue weighted by molar-refractivity contribution is 0.474. The molecule has 0 spiro atoms. The zero-order valence-electron chi connectivity index (χ0n) is 8.16. The minimum absolute atomic E-state index is 0.148. The first-order valence-electron chi connectivity index (χ1n) is 4.88. The average Bonchev–Trinajstić information content (AvgIpc) is 2.64. The minimum Gasteiger partial charge on any atom is -0.449 e. The van der Waals surface area contributed by atoms with Crippen LogP contribution < -0.4 is 5.56 Å². The van der Waals surface area contributed by atoms with Gasteiger partial charge in [0.15, 0.2) is 6.39 Å². The van der Waals surface area contributed by atoms with E-state index in [4.69, 9.17) is 4.42 Å². The molecule has 0 saturated heterocycles. The van der Waals surface area contributed by atoms with Crippen LogP contribution in [0.15, 0.2) is 20.5 Å². The summed E-state index contributed by atoms with van der Waals surface area (Å²) in [5, 5.41) is 0.584. The molecule has 0 aliphatic heterocycles. The SMILES string of the molecule is Cc1ocnc(=O)c1SC1CCCC1. The first kappa shape index (κ1) is 9.77. The maximum Gasteiger partial charge on any atom is 0.289 e. The summed E-state index contributed by atoms with van der Waals surface area (Å²) in [7, 11) is 0. The molecule has 0 unspecified atom stereocenters. The molecule has 0 atom stereocenters. The highest BCUT2D eigenvalue weighted by Crippen LogP contribution is 2.34. The van der Waals surface area contributed by atoms with Crippen molar-refractivity contribution in [3.8, 4) is 0 Å². The molecular formula is C10H13NO2S. The van der Waals surface area contributed by atoms with Crippen molar-refractivity contribution in [3.05, 3.63) is 22.5 Å². The lowest BCUT2D eigenvalue weighted by Gasteiger charge is -2.07. The Morgan fingerprint density at radius 3 is 2.86 bits per heavy atom. The third kappa shape index (κ3) is 2.00. The molecular weight excluding hydrogens is 198 g/mol. The summed E-state index contributed by atoms with van der Waals surface area (Å²) in [4.78, 5) is 15.8. The van der Waals surface area contributed by atoms with Gasteiger partial charge in [0.1, 0.15) is 10.7 Å². The topological polar surface area (TPSA) is 43.1 Å². The van der Waals surface area contributed by atoms with E-state index in [1.54, 1.807) is 11.8 Å². The monoisotopic (exact) mass is 211 g/mol. The molecule has 0 aromatic carbocycles. The van der Waals surface area contributed by atoms with Crippen LogP contribution in [-0.4, -0.2) is 10.2 Å². The lowest BCUT2D eigenvalue weighted by Crippen LogP contribution is -2.11. The molecule has 1 aliphatic rings. The van der Waals surface area contributed by atoms with E-state index in [1.165, 1.54) is 32.1 Å². The second-order valence-electron chi connectivity index (χ2n) is 3.57. The van der Waals surface area contributed by atoms with E-state index in [9.17, 15) is 4.79 Å². The van der Waals surface area contributed by atoms with Crippen LogP contribution in [0.4, 0.5) is 0 Å². The highest BCUT2D eigenvalue weighted by molar-refractivity contribution is 8.00. The lowest BCUT2D eigenvalue weighted by atomic mass is 10.4. The van der Waals surface area contributed by atoms with Gasteiger partial charge in [-0.1, -0.05) is 12.8 Å². The van der Waals surface area contributed by atoms with E-state index < -0.39 is 0 Å². The van der Waals surface area contributed by atoms with Gasteiger partial charge in [-0.2, -0.15) is 4.98 Å². The molecule has 4 heteroatoms. The number of nitrogens with zero attached hydrogens (tertiary/aromatic N) is 1. The van der Waals surface area contributed by atoms with Gasteiger partial charge in [-0.25, -0.2) is 0 Å². The Morgan fingerprint density at radius 2 is 2.21 bits per heavy atom. The van der Waals surface area contributed by atoms with Crippen LogP contribution in [0.25, 0.3) is 0 Å². The number of hydrogen-bond donors (Lipinski definition) is 0. The van der Waals surface area contributed by atoms with E-state index in [2.05, 4.69) is 4.98 Å². The Bertz CT molecular complexity index is 369. The number of aryl methyl sites for hydroxylation is 1. The van der Waals surface area contributed by atoms with E-state index >= 15 is 0 Å². The normalized spacial score (nSPS) is 17.5. The van der Waals surface area contributed by atoms with Crippen molar-refractivity contribution < 1.29 is 4.42 Å². The van der Waals surface area contributed by atoms with Gasteiger partial charge in [0, 0.05) is 5.25 Å². The van der Waals surface area contributed by atoms with Gasteiger partial charge in [-0.3, -0.25) is 4.79 Å². The first-order valence-corrected chi connectivity index (χ1v) is 5.76. The fourth-order valence-electron chi connectivity index (χ4n) is 1.72. The predicted octanol–water partition coefficient (Wildman–Crippen LogP) is 2.38. The van der Waals surface area contributed by atoms with Crippen LogP contribution in [0.2, 0.25) is 0 Å². The van der Waals surface area contributed by atoms with Gasteiger partial charge >= 0.3 is 0 Å². The van der Waals surface area contributed by atoms with Crippen molar-refractivity contribution in [2.24, 2.45) is 0 Å². The van der Waals surface area contributed by atoms with Crippen LogP contribution in [0.1, 0.15) is 31.4 Å². The summed E-state index contributed by atoms with van der Waals surface area (Å²) in [6, 6.07) is 0. The molecule has 14 heavy (non-hydrogen) atoms. The fourth-order valence-corrected chi connectivity index (χ4v) is 2.99. The highest BCUT2D eigenvalue weighted by atomic mass is 32.2. The predicted molar refractivity (Wildman–Crippen MR) is 55.6 cm³/mol. The third-order valence-electron chi connectivity index (χ3n) is 2.50. The Balaban J connectivity index is 2.19. The van der Waals surface area contributed by atoms with Crippen LogP contribution >= 0.6 is 11.8 Å². The van der Waals surface area contributed by atoms with Gasteiger partial charge in [0.2, 0.25) is 0 Å². The van der Waals surface area contributed by atoms with Crippen molar-refractivity contribution in [2.45, 2.75) is 42.8 Å². The molecule has 1 aliphatic carbocycles. The van der Waals surface area contributed by atoms with Gasteiger partial charge in [-0.15, -0.1) is 11.8 Å². The van der Waals surface area contributed by atoms with Crippen molar-refractivity contribution in [3.63, 3.8) is 0 Å². The second-order valence-corrected chi connectivity index (χ2v) is 4.88. The smallest absolute Gasteiger partial charge is 0.289 e. The Morgan fingerprint density at radius 1 is 1.50 bits per heavy atom. The minimum atomic E-state index is -0.148. The molecule has 1 heterocycles. The number of hydrogen-bond acceptors (Lipinski definition) is 4. The maximum atomic E-state index is 11.4. The molecule has 0 bridgehead atoms. The van der Waals surface area contributed by atoms with Crippen molar-refractivity contribution in [1.82, 2.24) is 4.98 Å². The molecule has 0 radical (unpaired) electrons. The maximum absolute atomic E-state index is 11.4. The summed E-state index contributed by atoms with van der Waals surface area (Å²) < 4.78 is 5.12. The summed E-state index contributed by atoms with van der Waals surface area (Å²) in [6.45, 7) is 1.82. The molecule has 3 nitrogen and oxygen atoms in total. The molecule has 2 rings (SSSR count). The molecule has 1 fully saturated rings. The average molecular weight is 211 g/mol. The summed E-state index contributed by atoms with van der Waals surface area (Å²) in [6.07, 6.45) is 6.19. The van der Waals surface area contributed by atoms with Crippen LogP contribution in [-0.2, 0) is 0 Å². The van der Waals surface area contributed by atoms with Crippen molar-refractivity contribution >= 4 is 11.8 Å². The number of thioether (sulfide) groups is 1. The van der Waals surface area contributed by atoms with E-state index in [1.807, 2.05) is 6.92 Å². The molecule has 76 valence electrons. The highest BCUT2D eigenvalue weighted by Gasteiger charge is 2.19. The molecule has 0 N–H and O–H groups in total. The first-order chi connectivity index (χ1) is 6.77. The molecule has 1 aromatic heterocycles. The quantitative estimate of drug-likeness (QED) is 0.753. The summed E-state index contributed by atoms with van der Waals surface area (Å²) in [5.41, 5.74) is -0.148. The summed E-state index contributed by atoms with van der Waals surface area (Å²) in [5.74, 6) is 0.696. The molecule has 1 aromatic rings. The van der Waals surface area contributed by atoms with Crippen LogP contribution in [0, 0.1) is 6.92 Å². The Hall–Kier alpha value is -0.770. The van der Waals surface area contributed by atoms with E-state index in [0.29, 0.717) is 15.9 Å². The molecule has 0 amide bonds. The number of rotatable bonds is 2. The Labute approximate surface area is 86.9 Å². The standard InChI is InChI=1S/C10H13NO2S/c1-7-9(10(12)11-6-13-7)14-8-4-2-3-5-8/h6,8H,2-5H2,1H3. The van der Waals surface area contributed by atoms with Crippen LogP contribution in [0.5, 0.6) is 0 Å².